The largest absolute Gasteiger partial charge is 0.363 e. The van der Waals surface area contributed by atoms with E-state index in [0.717, 1.165) is 25.7 Å². The first kappa shape index (κ1) is 15.5. The number of nitrogens with zero attached hydrogens (tertiary/aromatic N) is 2. The summed E-state index contributed by atoms with van der Waals surface area (Å²) in [6, 6.07) is 3.27. The smallest absolute Gasteiger partial charge is 0.244 e. The normalized spacial score (nSPS) is 18.4. The molecule has 0 spiro atoms. The van der Waals surface area contributed by atoms with Crippen LogP contribution in [0.5, 0.6) is 0 Å². The van der Waals surface area contributed by atoms with Crippen molar-refractivity contribution in [1.82, 2.24) is 9.29 Å². The van der Waals surface area contributed by atoms with Crippen molar-refractivity contribution in [2.75, 3.05) is 25.3 Å². The van der Waals surface area contributed by atoms with Gasteiger partial charge in [0.05, 0.1) is 5.54 Å². The summed E-state index contributed by atoms with van der Waals surface area (Å²) in [4.78, 5) is 4.40. The first-order chi connectivity index (χ1) is 9.39. The maximum absolute atomic E-state index is 12.0. The maximum atomic E-state index is 12.0. The minimum atomic E-state index is -3.42. The van der Waals surface area contributed by atoms with Crippen LogP contribution in [0.1, 0.15) is 25.7 Å². The molecule has 0 radical (unpaired) electrons. The quantitative estimate of drug-likeness (QED) is 0.846. The molecule has 112 valence electrons. The van der Waals surface area contributed by atoms with Crippen LogP contribution in [0.3, 0.4) is 0 Å². The Balaban J connectivity index is 2.17. The van der Waals surface area contributed by atoms with Crippen molar-refractivity contribution < 1.29 is 8.42 Å². The third kappa shape index (κ3) is 3.07. The summed E-state index contributed by atoms with van der Waals surface area (Å²) in [5.74, 6) is 1.21. The van der Waals surface area contributed by atoms with Gasteiger partial charge < -0.3 is 5.32 Å². The molecule has 1 aliphatic rings. The van der Waals surface area contributed by atoms with E-state index >= 15 is 0 Å². The van der Waals surface area contributed by atoms with Crippen molar-refractivity contribution in [2.45, 2.75) is 36.1 Å². The van der Waals surface area contributed by atoms with Crippen molar-refractivity contribution in [3.63, 3.8) is 0 Å². The molecule has 0 aromatic carbocycles. The molecule has 0 amide bonds. The molecule has 1 aliphatic carbocycles. The Bertz CT molecular complexity index is 551. The lowest BCUT2D eigenvalue weighted by atomic mass is 10.0. The third-order valence-electron chi connectivity index (χ3n) is 3.72. The minimum absolute atomic E-state index is 0.101. The average Bonchev–Trinajstić information content (AvgIpc) is 2.88. The number of sulfonamides is 1. The Kier molecular flexibility index (Phi) is 4.56. The summed E-state index contributed by atoms with van der Waals surface area (Å²) >= 11 is 6.07. The van der Waals surface area contributed by atoms with E-state index in [4.69, 9.17) is 11.6 Å². The predicted octanol–water partition coefficient (Wildman–Crippen LogP) is 2.30. The number of halogens is 1. The lowest BCUT2D eigenvalue weighted by Gasteiger charge is -2.28. The van der Waals surface area contributed by atoms with Crippen LogP contribution in [0.4, 0.5) is 5.82 Å². The van der Waals surface area contributed by atoms with Crippen LogP contribution in [0, 0.1) is 0 Å². The van der Waals surface area contributed by atoms with E-state index in [1.165, 1.54) is 24.6 Å². The predicted molar refractivity (Wildman–Crippen MR) is 80.7 cm³/mol. The zero-order chi connectivity index (χ0) is 14.8. The van der Waals surface area contributed by atoms with Crippen molar-refractivity contribution in [1.29, 1.82) is 0 Å². The molecule has 0 atom stereocenters. The number of alkyl halides is 1. The average molecular weight is 318 g/mol. The van der Waals surface area contributed by atoms with Gasteiger partial charge >= 0.3 is 0 Å². The highest BCUT2D eigenvalue weighted by Gasteiger charge is 2.33. The molecule has 0 bridgehead atoms. The van der Waals surface area contributed by atoms with Gasteiger partial charge in [-0.15, -0.1) is 11.6 Å². The monoisotopic (exact) mass is 317 g/mol. The Morgan fingerprint density at radius 3 is 2.45 bits per heavy atom. The van der Waals surface area contributed by atoms with Gasteiger partial charge in [0.1, 0.15) is 10.7 Å². The molecule has 0 aliphatic heterocycles. The Hall–Kier alpha value is -0.850. The summed E-state index contributed by atoms with van der Waals surface area (Å²) in [5.41, 5.74) is -0.101. The van der Waals surface area contributed by atoms with Crippen LogP contribution < -0.4 is 5.32 Å². The molecule has 1 aromatic rings. The zero-order valence-corrected chi connectivity index (χ0v) is 13.3. The van der Waals surface area contributed by atoms with Gasteiger partial charge in [0, 0.05) is 26.2 Å². The molecule has 0 saturated heterocycles. The van der Waals surface area contributed by atoms with E-state index in [1.54, 1.807) is 12.1 Å². The number of rotatable bonds is 5. The summed E-state index contributed by atoms with van der Waals surface area (Å²) in [6.45, 7) is 0. The van der Waals surface area contributed by atoms with E-state index in [0.29, 0.717) is 11.7 Å². The number of hydrogen-bond donors (Lipinski definition) is 1. The fraction of sp³-hybridized carbons (Fsp3) is 0.615. The van der Waals surface area contributed by atoms with Crippen LogP contribution in [-0.4, -0.2) is 43.2 Å². The molecule has 5 nitrogen and oxygen atoms in total. The molecular formula is C13H20ClN3O2S. The van der Waals surface area contributed by atoms with Crippen molar-refractivity contribution in [2.24, 2.45) is 0 Å². The number of anilines is 1. The number of nitrogens with one attached hydrogen (secondary N) is 1. The van der Waals surface area contributed by atoms with Crippen molar-refractivity contribution >= 4 is 27.4 Å². The third-order valence-corrected chi connectivity index (χ3v) is 6.03. The van der Waals surface area contributed by atoms with Crippen molar-refractivity contribution in [3.8, 4) is 0 Å². The van der Waals surface area contributed by atoms with E-state index in [9.17, 15) is 8.42 Å². The molecule has 1 aromatic heterocycles. The molecule has 1 heterocycles. The molecule has 2 rings (SSSR count). The Morgan fingerprint density at radius 2 is 2.00 bits per heavy atom. The first-order valence-corrected chi connectivity index (χ1v) is 8.60. The van der Waals surface area contributed by atoms with Crippen LogP contribution in [0.25, 0.3) is 0 Å². The Morgan fingerprint density at radius 1 is 1.35 bits per heavy atom. The van der Waals surface area contributed by atoms with Gasteiger partial charge in [-0.3, -0.25) is 0 Å². The van der Waals surface area contributed by atoms with Crippen LogP contribution >= 0.6 is 11.6 Å². The number of aromatic nitrogens is 1. The summed E-state index contributed by atoms with van der Waals surface area (Å²) in [7, 11) is -0.420. The fourth-order valence-electron chi connectivity index (χ4n) is 2.43. The SMILES string of the molecule is CN(C)S(=O)(=O)c1ccc(NC2(CCl)CCCC2)nc1. The first-order valence-electron chi connectivity index (χ1n) is 6.62. The minimum Gasteiger partial charge on any atom is -0.363 e. The van der Waals surface area contributed by atoms with Crippen LogP contribution in [0.15, 0.2) is 23.2 Å². The van der Waals surface area contributed by atoms with Gasteiger partial charge in [0.15, 0.2) is 0 Å². The second kappa shape index (κ2) is 5.87. The highest BCUT2D eigenvalue weighted by Crippen LogP contribution is 2.33. The van der Waals surface area contributed by atoms with Gasteiger partial charge in [-0.25, -0.2) is 17.7 Å². The van der Waals surface area contributed by atoms with Gasteiger partial charge in [0.25, 0.3) is 0 Å². The van der Waals surface area contributed by atoms with E-state index in [-0.39, 0.29) is 10.4 Å². The maximum Gasteiger partial charge on any atom is 0.244 e. The van der Waals surface area contributed by atoms with Gasteiger partial charge in [-0.05, 0) is 25.0 Å². The summed E-state index contributed by atoms with van der Waals surface area (Å²) in [6.07, 6.45) is 5.75. The molecule has 1 fully saturated rings. The fourth-order valence-corrected chi connectivity index (χ4v) is 3.61. The standard InChI is InChI=1S/C13H20ClN3O2S/c1-17(2)20(18,19)11-5-6-12(15-9-11)16-13(10-14)7-3-4-8-13/h5-6,9H,3-4,7-8,10H2,1-2H3,(H,15,16). The number of pyridine rings is 1. The summed E-state index contributed by atoms with van der Waals surface area (Å²) < 4.78 is 25.1. The Labute approximate surface area is 125 Å². The topological polar surface area (TPSA) is 62.3 Å². The van der Waals surface area contributed by atoms with E-state index in [2.05, 4.69) is 10.3 Å². The van der Waals surface area contributed by atoms with Crippen LogP contribution in [-0.2, 0) is 10.0 Å². The number of hydrogen-bond acceptors (Lipinski definition) is 4. The molecule has 0 unspecified atom stereocenters. The lowest BCUT2D eigenvalue weighted by molar-refractivity contribution is 0.520. The molecule has 7 heteroatoms. The molecule has 20 heavy (non-hydrogen) atoms. The van der Waals surface area contributed by atoms with Gasteiger partial charge in [0.2, 0.25) is 10.0 Å². The molecular weight excluding hydrogens is 298 g/mol. The van der Waals surface area contributed by atoms with Gasteiger partial charge in [-0.1, -0.05) is 12.8 Å². The zero-order valence-electron chi connectivity index (χ0n) is 11.8. The highest BCUT2D eigenvalue weighted by atomic mass is 35.5. The van der Waals surface area contributed by atoms with E-state index < -0.39 is 10.0 Å². The summed E-state index contributed by atoms with van der Waals surface area (Å²) in [5, 5.41) is 3.36. The van der Waals surface area contributed by atoms with Crippen LogP contribution in [0.2, 0.25) is 0 Å². The molecule has 1 N–H and O–H groups in total. The molecule has 1 saturated carbocycles. The second-order valence-electron chi connectivity index (χ2n) is 5.41. The highest BCUT2D eigenvalue weighted by molar-refractivity contribution is 7.89. The second-order valence-corrected chi connectivity index (χ2v) is 7.83. The lowest BCUT2D eigenvalue weighted by Crippen LogP contribution is -2.37. The van der Waals surface area contributed by atoms with E-state index in [1.807, 2.05) is 0 Å². The van der Waals surface area contributed by atoms with Gasteiger partial charge in [-0.2, -0.15) is 0 Å². The van der Waals surface area contributed by atoms with Crippen molar-refractivity contribution in [3.05, 3.63) is 18.3 Å².